The molecule has 0 amide bonds. The molecule has 3 rings (SSSR count). The maximum Gasteiger partial charge on any atom is 0.120 e. The highest BCUT2D eigenvalue weighted by molar-refractivity contribution is 5.30. The second kappa shape index (κ2) is 5.81. The molecule has 1 aliphatic heterocycles. The zero-order chi connectivity index (χ0) is 13.9. The van der Waals surface area contributed by atoms with E-state index in [0.29, 0.717) is 0 Å². The van der Waals surface area contributed by atoms with Gasteiger partial charge in [0.25, 0.3) is 0 Å². The van der Waals surface area contributed by atoms with Gasteiger partial charge >= 0.3 is 0 Å². The van der Waals surface area contributed by atoms with Gasteiger partial charge in [0.15, 0.2) is 0 Å². The average Bonchev–Trinajstić information content (AvgIpc) is 2.99. The number of rotatable bonds is 5. The zero-order valence-electron chi connectivity index (χ0n) is 12.3. The van der Waals surface area contributed by atoms with Crippen molar-refractivity contribution in [2.75, 3.05) is 6.54 Å². The van der Waals surface area contributed by atoms with Crippen LogP contribution in [0.4, 0.5) is 0 Å². The van der Waals surface area contributed by atoms with Gasteiger partial charge in [-0.05, 0) is 36.2 Å². The second-order valence-electron chi connectivity index (χ2n) is 5.51. The van der Waals surface area contributed by atoms with E-state index in [4.69, 9.17) is 4.42 Å². The molecular formula is C17H22N2O. The Balaban J connectivity index is 1.65. The van der Waals surface area contributed by atoms with Crippen LogP contribution in [0.1, 0.15) is 35.1 Å². The van der Waals surface area contributed by atoms with Crippen molar-refractivity contribution in [1.82, 2.24) is 10.2 Å². The Morgan fingerprint density at radius 2 is 1.90 bits per heavy atom. The van der Waals surface area contributed by atoms with E-state index in [1.54, 1.807) is 0 Å². The lowest BCUT2D eigenvalue weighted by molar-refractivity contribution is 0.247. The number of fused-ring (bicyclic) bond motifs is 1. The first kappa shape index (κ1) is 13.4. The Bertz CT molecular complexity index is 563. The molecule has 1 aromatic carbocycles. The van der Waals surface area contributed by atoms with Gasteiger partial charge < -0.3 is 9.73 Å². The van der Waals surface area contributed by atoms with Crippen molar-refractivity contribution in [2.45, 2.75) is 40.0 Å². The lowest BCUT2D eigenvalue weighted by atomic mass is 10.1. The highest BCUT2D eigenvalue weighted by Gasteiger charge is 2.19. The summed E-state index contributed by atoms with van der Waals surface area (Å²) >= 11 is 0. The maximum absolute atomic E-state index is 5.97. The van der Waals surface area contributed by atoms with Crippen molar-refractivity contribution in [3.63, 3.8) is 0 Å². The predicted molar refractivity (Wildman–Crippen MR) is 80.2 cm³/mol. The van der Waals surface area contributed by atoms with Crippen LogP contribution in [-0.4, -0.2) is 11.4 Å². The summed E-state index contributed by atoms with van der Waals surface area (Å²) in [5.74, 6) is 2.14. The van der Waals surface area contributed by atoms with Crippen molar-refractivity contribution in [3.05, 3.63) is 58.5 Å². The summed E-state index contributed by atoms with van der Waals surface area (Å²) in [5, 5.41) is 3.32. The van der Waals surface area contributed by atoms with E-state index < -0.39 is 0 Å². The summed E-state index contributed by atoms with van der Waals surface area (Å²) in [6.45, 7) is 8.97. The number of nitrogens with one attached hydrogen (secondary N) is 1. The van der Waals surface area contributed by atoms with E-state index in [1.165, 1.54) is 16.7 Å². The van der Waals surface area contributed by atoms with Crippen LogP contribution in [0.15, 0.2) is 34.7 Å². The molecule has 3 nitrogen and oxygen atoms in total. The lowest BCUT2D eigenvalue weighted by Crippen LogP contribution is -2.15. The molecular weight excluding hydrogens is 248 g/mol. The van der Waals surface area contributed by atoms with Crippen LogP contribution in [0.5, 0.6) is 0 Å². The first-order valence-corrected chi connectivity index (χ1v) is 7.34. The Morgan fingerprint density at radius 1 is 1.20 bits per heavy atom. The molecule has 0 radical (unpaired) electrons. The Hall–Kier alpha value is -1.58. The quantitative estimate of drug-likeness (QED) is 0.904. The Labute approximate surface area is 120 Å². The van der Waals surface area contributed by atoms with Crippen LogP contribution in [0.2, 0.25) is 0 Å². The fourth-order valence-corrected chi connectivity index (χ4v) is 2.82. The molecule has 0 fully saturated rings. The molecule has 0 unspecified atom stereocenters. The molecule has 1 aliphatic rings. The number of furan rings is 1. The summed E-state index contributed by atoms with van der Waals surface area (Å²) in [5.41, 5.74) is 4.14. The normalized spacial score (nSPS) is 14.7. The topological polar surface area (TPSA) is 28.4 Å². The lowest BCUT2D eigenvalue weighted by Gasteiger charge is -2.12. The molecule has 2 aromatic rings. The Morgan fingerprint density at radius 3 is 2.55 bits per heavy atom. The molecule has 3 heteroatoms. The third-order valence-electron chi connectivity index (χ3n) is 3.89. The maximum atomic E-state index is 5.97. The molecule has 106 valence electrons. The molecule has 0 aliphatic carbocycles. The van der Waals surface area contributed by atoms with Gasteiger partial charge in [0.2, 0.25) is 0 Å². The number of hydrogen-bond acceptors (Lipinski definition) is 3. The minimum atomic E-state index is 0.822. The number of benzene rings is 1. The minimum absolute atomic E-state index is 0.822. The van der Waals surface area contributed by atoms with Gasteiger partial charge in [-0.2, -0.15) is 0 Å². The van der Waals surface area contributed by atoms with Crippen LogP contribution >= 0.6 is 0 Å². The van der Waals surface area contributed by atoms with Gasteiger partial charge in [-0.25, -0.2) is 0 Å². The molecule has 0 spiro atoms. The molecule has 0 bridgehead atoms. The van der Waals surface area contributed by atoms with E-state index in [9.17, 15) is 0 Å². The number of hydrogen-bond donors (Lipinski definition) is 1. The summed E-state index contributed by atoms with van der Waals surface area (Å²) < 4.78 is 5.97. The third kappa shape index (κ3) is 2.79. The van der Waals surface area contributed by atoms with Crippen molar-refractivity contribution in [2.24, 2.45) is 0 Å². The monoisotopic (exact) mass is 270 g/mol. The van der Waals surface area contributed by atoms with Crippen LogP contribution in [0.3, 0.4) is 0 Å². The molecule has 0 saturated heterocycles. The summed E-state index contributed by atoms with van der Waals surface area (Å²) in [4.78, 5) is 2.43. The summed E-state index contributed by atoms with van der Waals surface area (Å²) in [6, 6.07) is 10.9. The molecule has 0 atom stereocenters. The van der Waals surface area contributed by atoms with Crippen LogP contribution < -0.4 is 5.32 Å². The molecule has 1 N–H and O–H groups in total. The Kier molecular flexibility index (Phi) is 3.90. The fraction of sp³-hybridized carbons (Fsp3) is 0.412. The van der Waals surface area contributed by atoms with Gasteiger partial charge in [-0.1, -0.05) is 31.2 Å². The molecule has 20 heavy (non-hydrogen) atoms. The number of nitrogens with zero attached hydrogens (tertiary/aromatic N) is 1. The molecule has 2 heterocycles. The molecule has 1 aromatic heterocycles. The highest BCUT2D eigenvalue weighted by atomic mass is 16.3. The van der Waals surface area contributed by atoms with Gasteiger partial charge in [-0.15, -0.1) is 0 Å². The largest absolute Gasteiger partial charge is 0.463 e. The van der Waals surface area contributed by atoms with Crippen molar-refractivity contribution < 1.29 is 4.42 Å². The first-order chi connectivity index (χ1) is 9.76. The minimum Gasteiger partial charge on any atom is -0.463 e. The fourth-order valence-electron chi connectivity index (χ4n) is 2.82. The highest BCUT2D eigenvalue weighted by Crippen LogP contribution is 2.25. The van der Waals surface area contributed by atoms with Crippen molar-refractivity contribution >= 4 is 0 Å². The van der Waals surface area contributed by atoms with Gasteiger partial charge in [-0.3, -0.25) is 4.90 Å². The van der Waals surface area contributed by atoms with Gasteiger partial charge in [0, 0.05) is 13.1 Å². The number of aryl methyl sites for hydroxylation is 1. The average molecular weight is 270 g/mol. The van der Waals surface area contributed by atoms with E-state index >= 15 is 0 Å². The van der Waals surface area contributed by atoms with Gasteiger partial charge in [0.1, 0.15) is 11.5 Å². The standard InChI is InChI=1S/C17H22N2O/c1-3-18-9-17-13(2)8-16(20-17)12-19-10-14-6-4-5-7-15(14)11-19/h4-8,18H,3,9-12H2,1-2H3. The predicted octanol–water partition coefficient (Wildman–Crippen LogP) is 3.21. The van der Waals surface area contributed by atoms with Crippen molar-refractivity contribution in [1.29, 1.82) is 0 Å². The van der Waals surface area contributed by atoms with E-state index in [2.05, 4.69) is 54.4 Å². The van der Waals surface area contributed by atoms with Gasteiger partial charge in [0.05, 0.1) is 13.1 Å². The summed E-state index contributed by atoms with van der Waals surface area (Å²) in [7, 11) is 0. The van der Waals surface area contributed by atoms with E-state index in [1.807, 2.05) is 0 Å². The van der Waals surface area contributed by atoms with Crippen LogP contribution in [-0.2, 0) is 26.2 Å². The summed E-state index contributed by atoms with van der Waals surface area (Å²) in [6.07, 6.45) is 0. The smallest absolute Gasteiger partial charge is 0.120 e. The van der Waals surface area contributed by atoms with E-state index in [0.717, 1.165) is 44.2 Å². The second-order valence-corrected chi connectivity index (χ2v) is 5.51. The van der Waals surface area contributed by atoms with Crippen LogP contribution in [0, 0.1) is 6.92 Å². The van der Waals surface area contributed by atoms with E-state index in [-0.39, 0.29) is 0 Å². The first-order valence-electron chi connectivity index (χ1n) is 7.34. The molecule has 0 saturated carbocycles. The van der Waals surface area contributed by atoms with Crippen LogP contribution in [0.25, 0.3) is 0 Å². The SMILES string of the molecule is CCNCc1oc(CN2Cc3ccccc3C2)cc1C. The third-order valence-corrected chi connectivity index (χ3v) is 3.89. The zero-order valence-corrected chi connectivity index (χ0v) is 12.3. The van der Waals surface area contributed by atoms with Crippen molar-refractivity contribution in [3.8, 4) is 0 Å².